The van der Waals surface area contributed by atoms with Gasteiger partial charge >= 0.3 is 0 Å². The summed E-state index contributed by atoms with van der Waals surface area (Å²) < 4.78 is 5.64. The fourth-order valence-corrected chi connectivity index (χ4v) is 1.71. The summed E-state index contributed by atoms with van der Waals surface area (Å²) in [5, 5.41) is 13.1. The predicted molar refractivity (Wildman–Crippen MR) is 63.0 cm³/mol. The number of carbonyl (C=O) groups excluding carboxylic acids is 1. The first-order valence-electron chi connectivity index (χ1n) is 5.42. The Labute approximate surface area is 99.9 Å². The molecule has 17 heavy (non-hydrogen) atoms. The molecule has 0 saturated heterocycles. The van der Waals surface area contributed by atoms with Crippen LogP contribution in [0.1, 0.15) is 19.4 Å². The van der Waals surface area contributed by atoms with Crippen molar-refractivity contribution in [1.29, 1.82) is 0 Å². The van der Waals surface area contributed by atoms with E-state index in [4.69, 9.17) is 4.74 Å². The van der Waals surface area contributed by atoms with Gasteiger partial charge in [0.2, 0.25) is 0 Å². The number of carbonyl (C=O) groups is 1. The molecule has 2 rings (SSSR count). The van der Waals surface area contributed by atoms with Crippen molar-refractivity contribution in [1.82, 2.24) is 5.06 Å². The first-order valence-corrected chi connectivity index (χ1v) is 5.42. The lowest BCUT2D eigenvalue weighted by Gasteiger charge is -2.31. The SMILES string of the molecule is CN(O)Cc1ccc2c(c1)OC(C)(C)C(=O)N2. The summed E-state index contributed by atoms with van der Waals surface area (Å²) in [4.78, 5) is 11.7. The number of nitrogens with zero attached hydrogens (tertiary/aromatic N) is 1. The molecule has 5 nitrogen and oxygen atoms in total. The second-order valence-corrected chi connectivity index (χ2v) is 4.71. The maximum Gasteiger partial charge on any atom is 0.268 e. The molecule has 0 aliphatic carbocycles. The van der Waals surface area contributed by atoms with Crippen LogP contribution in [0.15, 0.2) is 18.2 Å². The Balaban J connectivity index is 2.31. The molecule has 0 radical (unpaired) electrons. The Morgan fingerprint density at radius 3 is 2.82 bits per heavy atom. The number of amides is 1. The number of benzene rings is 1. The fourth-order valence-electron chi connectivity index (χ4n) is 1.71. The van der Waals surface area contributed by atoms with Gasteiger partial charge in [-0.2, -0.15) is 5.06 Å². The molecule has 1 aliphatic rings. The van der Waals surface area contributed by atoms with E-state index in [1.165, 1.54) is 0 Å². The number of fused-ring (bicyclic) bond motifs is 1. The van der Waals surface area contributed by atoms with Gasteiger partial charge in [-0.1, -0.05) is 6.07 Å². The first-order chi connectivity index (χ1) is 7.88. The molecular weight excluding hydrogens is 220 g/mol. The van der Waals surface area contributed by atoms with Crippen LogP contribution in [0.3, 0.4) is 0 Å². The van der Waals surface area contributed by atoms with Crippen LogP contribution < -0.4 is 10.1 Å². The Morgan fingerprint density at radius 2 is 2.18 bits per heavy atom. The third-order valence-corrected chi connectivity index (χ3v) is 2.62. The highest BCUT2D eigenvalue weighted by molar-refractivity contribution is 6.00. The van der Waals surface area contributed by atoms with E-state index in [1.807, 2.05) is 12.1 Å². The van der Waals surface area contributed by atoms with Gasteiger partial charge < -0.3 is 15.3 Å². The number of hydroxylamine groups is 2. The predicted octanol–water partition coefficient (Wildman–Crippen LogP) is 1.62. The van der Waals surface area contributed by atoms with Gasteiger partial charge in [-0.05, 0) is 31.5 Å². The highest BCUT2D eigenvalue weighted by Crippen LogP contribution is 2.34. The number of rotatable bonds is 2. The summed E-state index contributed by atoms with van der Waals surface area (Å²) in [6.07, 6.45) is 0. The molecule has 0 atom stereocenters. The van der Waals surface area contributed by atoms with Crippen molar-refractivity contribution in [2.75, 3.05) is 12.4 Å². The minimum absolute atomic E-state index is 0.156. The Kier molecular flexibility index (Phi) is 2.81. The lowest BCUT2D eigenvalue weighted by molar-refractivity contribution is -0.129. The van der Waals surface area contributed by atoms with Gasteiger partial charge in [-0.3, -0.25) is 4.79 Å². The van der Waals surface area contributed by atoms with Crippen molar-refractivity contribution < 1.29 is 14.7 Å². The zero-order valence-corrected chi connectivity index (χ0v) is 10.2. The maximum atomic E-state index is 11.7. The van der Waals surface area contributed by atoms with Crippen LogP contribution in [0.2, 0.25) is 0 Å². The summed E-state index contributed by atoms with van der Waals surface area (Å²) >= 11 is 0. The summed E-state index contributed by atoms with van der Waals surface area (Å²) in [5.41, 5.74) is 0.718. The molecule has 1 aliphatic heterocycles. The molecule has 0 fully saturated rings. The van der Waals surface area contributed by atoms with Crippen molar-refractivity contribution >= 4 is 11.6 Å². The van der Waals surface area contributed by atoms with E-state index in [-0.39, 0.29) is 5.91 Å². The van der Waals surface area contributed by atoms with E-state index in [1.54, 1.807) is 27.0 Å². The normalized spacial score (nSPS) is 17.4. The van der Waals surface area contributed by atoms with Gasteiger partial charge in [-0.25, -0.2) is 0 Å². The molecule has 1 aromatic carbocycles. The van der Waals surface area contributed by atoms with Crippen molar-refractivity contribution in [2.45, 2.75) is 26.0 Å². The van der Waals surface area contributed by atoms with E-state index >= 15 is 0 Å². The number of anilines is 1. The smallest absolute Gasteiger partial charge is 0.268 e. The number of hydrogen-bond acceptors (Lipinski definition) is 4. The minimum Gasteiger partial charge on any atom is -0.476 e. The molecule has 1 heterocycles. The molecule has 1 aromatic rings. The zero-order valence-electron chi connectivity index (χ0n) is 10.2. The van der Waals surface area contributed by atoms with Crippen LogP contribution in [0, 0.1) is 0 Å². The zero-order chi connectivity index (χ0) is 12.6. The average Bonchev–Trinajstić information content (AvgIpc) is 2.18. The molecule has 0 bridgehead atoms. The number of nitrogens with one attached hydrogen (secondary N) is 1. The maximum absolute atomic E-state index is 11.7. The van der Waals surface area contributed by atoms with E-state index in [2.05, 4.69) is 5.32 Å². The van der Waals surface area contributed by atoms with E-state index < -0.39 is 5.60 Å². The van der Waals surface area contributed by atoms with E-state index in [9.17, 15) is 10.0 Å². The molecule has 0 saturated carbocycles. The van der Waals surface area contributed by atoms with Crippen LogP contribution in [0.25, 0.3) is 0 Å². The van der Waals surface area contributed by atoms with Crippen LogP contribution in [0.4, 0.5) is 5.69 Å². The molecule has 92 valence electrons. The van der Waals surface area contributed by atoms with Crippen LogP contribution in [0.5, 0.6) is 5.75 Å². The highest BCUT2D eigenvalue weighted by atomic mass is 16.5. The van der Waals surface area contributed by atoms with Gasteiger partial charge in [0.25, 0.3) is 5.91 Å². The summed E-state index contributed by atoms with van der Waals surface area (Å²) in [5.74, 6) is 0.478. The molecule has 5 heteroatoms. The highest BCUT2D eigenvalue weighted by Gasteiger charge is 2.35. The lowest BCUT2D eigenvalue weighted by atomic mass is 10.0. The Morgan fingerprint density at radius 1 is 1.47 bits per heavy atom. The number of ether oxygens (including phenoxy) is 1. The molecule has 1 amide bonds. The second-order valence-electron chi connectivity index (χ2n) is 4.71. The molecule has 2 N–H and O–H groups in total. The Hall–Kier alpha value is -1.59. The van der Waals surface area contributed by atoms with Gasteiger partial charge in [0.15, 0.2) is 5.60 Å². The second kappa shape index (κ2) is 4.01. The van der Waals surface area contributed by atoms with Gasteiger partial charge in [0, 0.05) is 13.6 Å². The van der Waals surface area contributed by atoms with Crippen molar-refractivity contribution in [2.24, 2.45) is 0 Å². The van der Waals surface area contributed by atoms with Crippen LogP contribution in [-0.4, -0.2) is 28.8 Å². The van der Waals surface area contributed by atoms with Gasteiger partial charge in [0.1, 0.15) is 5.75 Å². The van der Waals surface area contributed by atoms with Crippen molar-refractivity contribution in [3.63, 3.8) is 0 Å². The third kappa shape index (κ3) is 2.40. The van der Waals surface area contributed by atoms with Crippen LogP contribution >= 0.6 is 0 Å². The Bertz CT molecular complexity index is 455. The summed E-state index contributed by atoms with van der Waals surface area (Å²) in [6.45, 7) is 3.84. The first kappa shape index (κ1) is 11.9. The molecule has 0 unspecified atom stereocenters. The van der Waals surface area contributed by atoms with Gasteiger partial charge in [0.05, 0.1) is 5.69 Å². The summed E-state index contributed by atoms with van der Waals surface area (Å²) in [6, 6.07) is 5.44. The quantitative estimate of drug-likeness (QED) is 0.766. The topological polar surface area (TPSA) is 61.8 Å². The monoisotopic (exact) mass is 236 g/mol. The van der Waals surface area contributed by atoms with Crippen LogP contribution in [-0.2, 0) is 11.3 Å². The third-order valence-electron chi connectivity index (χ3n) is 2.62. The molecular formula is C12H16N2O3. The van der Waals surface area contributed by atoms with E-state index in [0.29, 0.717) is 18.0 Å². The fraction of sp³-hybridized carbons (Fsp3) is 0.417. The minimum atomic E-state index is -0.864. The van der Waals surface area contributed by atoms with Crippen molar-refractivity contribution in [3.05, 3.63) is 23.8 Å². The largest absolute Gasteiger partial charge is 0.476 e. The lowest BCUT2D eigenvalue weighted by Crippen LogP contribution is -2.45. The number of hydrogen-bond donors (Lipinski definition) is 2. The van der Waals surface area contributed by atoms with Crippen molar-refractivity contribution in [3.8, 4) is 5.75 Å². The van der Waals surface area contributed by atoms with E-state index in [0.717, 1.165) is 10.6 Å². The van der Waals surface area contributed by atoms with Gasteiger partial charge in [-0.15, -0.1) is 0 Å². The molecule has 0 aromatic heterocycles. The molecule has 0 spiro atoms. The standard InChI is InChI=1S/C12H16N2O3/c1-12(2)11(15)13-9-5-4-8(7-14(3)16)6-10(9)17-12/h4-6,16H,7H2,1-3H3,(H,13,15). The summed E-state index contributed by atoms with van der Waals surface area (Å²) in [7, 11) is 1.58. The average molecular weight is 236 g/mol.